The van der Waals surface area contributed by atoms with Crippen LogP contribution in [0.15, 0.2) is 4.21 Å². The van der Waals surface area contributed by atoms with Gasteiger partial charge in [0, 0.05) is 0 Å². The number of nitrogens with two attached hydrogens (primary N) is 1. The maximum Gasteiger partial charge on any atom is 0.163 e. The van der Waals surface area contributed by atoms with Crippen molar-refractivity contribution in [3.63, 3.8) is 0 Å². The summed E-state index contributed by atoms with van der Waals surface area (Å²) in [5.41, 5.74) is 5.48. The molecule has 0 aliphatic carbocycles. The molecule has 1 aromatic heterocycles. The number of carbonyl (C=O) groups is 1. The van der Waals surface area contributed by atoms with Crippen LogP contribution in [0.25, 0.3) is 0 Å². The SMILES string of the molecule is Nc1c(S)sc(C=O)c1O. The van der Waals surface area contributed by atoms with Gasteiger partial charge in [-0.1, -0.05) is 0 Å². The van der Waals surface area contributed by atoms with E-state index in [-0.39, 0.29) is 16.3 Å². The van der Waals surface area contributed by atoms with E-state index >= 15 is 0 Å². The lowest BCUT2D eigenvalue weighted by Gasteiger charge is -1.87. The largest absolute Gasteiger partial charge is 0.504 e. The molecule has 0 saturated heterocycles. The highest BCUT2D eigenvalue weighted by molar-refractivity contribution is 7.83. The molecule has 0 bridgehead atoms. The van der Waals surface area contributed by atoms with E-state index in [1.165, 1.54) is 0 Å². The van der Waals surface area contributed by atoms with Gasteiger partial charge in [0.05, 0.1) is 9.90 Å². The number of rotatable bonds is 1. The van der Waals surface area contributed by atoms with Gasteiger partial charge in [0.15, 0.2) is 12.0 Å². The van der Waals surface area contributed by atoms with Crippen molar-refractivity contribution < 1.29 is 9.90 Å². The molecule has 0 aliphatic heterocycles. The Bertz CT molecular complexity index is 269. The van der Waals surface area contributed by atoms with Gasteiger partial charge in [-0.15, -0.1) is 24.0 Å². The summed E-state index contributed by atoms with van der Waals surface area (Å²) in [7, 11) is 0. The molecule has 0 radical (unpaired) electrons. The molecule has 3 nitrogen and oxygen atoms in total. The molecule has 1 rings (SSSR count). The van der Waals surface area contributed by atoms with Crippen molar-refractivity contribution >= 4 is 35.9 Å². The molecule has 0 saturated carbocycles. The van der Waals surface area contributed by atoms with Crippen LogP contribution < -0.4 is 5.73 Å². The lowest BCUT2D eigenvalue weighted by molar-refractivity contribution is 0.112. The zero-order valence-corrected chi connectivity index (χ0v) is 6.58. The van der Waals surface area contributed by atoms with Crippen LogP contribution in [-0.4, -0.2) is 11.4 Å². The van der Waals surface area contributed by atoms with Crippen LogP contribution in [0.3, 0.4) is 0 Å². The van der Waals surface area contributed by atoms with Gasteiger partial charge < -0.3 is 10.8 Å². The zero-order chi connectivity index (χ0) is 7.72. The molecule has 3 N–H and O–H groups in total. The topological polar surface area (TPSA) is 63.3 Å². The van der Waals surface area contributed by atoms with Crippen molar-refractivity contribution in [1.82, 2.24) is 0 Å². The highest BCUT2D eigenvalue weighted by Gasteiger charge is 2.10. The number of anilines is 1. The molecule has 0 amide bonds. The molecule has 0 unspecified atom stereocenters. The Kier molecular flexibility index (Phi) is 1.87. The molecular formula is C5H5NO2S2. The first-order valence-electron chi connectivity index (χ1n) is 2.42. The number of thiol groups is 1. The van der Waals surface area contributed by atoms with E-state index in [1.54, 1.807) is 0 Å². The smallest absolute Gasteiger partial charge is 0.163 e. The Morgan fingerprint density at radius 2 is 2.30 bits per heavy atom. The van der Waals surface area contributed by atoms with Crippen LogP contribution in [-0.2, 0) is 0 Å². The minimum Gasteiger partial charge on any atom is -0.504 e. The van der Waals surface area contributed by atoms with E-state index < -0.39 is 0 Å². The third-order valence-electron chi connectivity index (χ3n) is 1.03. The summed E-state index contributed by atoms with van der Waals surface area (Å²) in [6.07, 6.45) is 0.552. The van der Waals surface area contributed by atoms with E-state index in [1.807, 2.05) is 0 Å². The summed E-state index contributed by atoms with van der Waals surface area (Å²) in [4.78, 5) is 10.4. The van der Waals surface area contributed by atoms with Crippen LogP contribution in [0, 0.1) is 0 Å². The predicted octanol–water partition coefficient (Wildman–Crippen LogP) is 1.14. The Morgan fingerprint density at radius 1 is 1.70 bits per heavy atom. The molecule has 1 aromatic rings. The van der Waals surface area contributed by atoms with Crippen molar-refractivity contribution in [2.24, 2.45) is 0 Å². The summed E-state index contributed by atoms with van der Waals surface area (Å²) in [5, 5.41) is 9.02. The molecule has 1 heterocycles. The molecular weight excluding hydrogens is 170 g/mol. The number of thiophene rings is 1. The molecule has 0 spiro atoms. The fraction of sp³-hybridized carbons (Fsp3) is 0. The first-order valence-corrected chi connectivity index (χ1v) is 3.68. The summed E-state index contributed by atoms with van der Waals surface area (Å²) < 4.78 is 0.472. The summed E-state index contributed by atoms with van der Waals surface area (Å²) in [6, 6.07) is 0. The van der Waals surface area contributed by atoms with Crippen LogP contribution in [0.1, 0.15) is 9.67 Å². The summed E-state index contributed by atoms with van der Waals surface area (Å²) in [5.74, 6) is -0.162. The molecule has 0 aliphatic rings. The average Bonchev–Trinajstić information content (AvgIpc) is 2.17. The first kappa shape index (κ1) is 7.43. The van der Waals surface area contributed by atoms with Crippen molar-refractivity contribution in [3.05, 3.63) is 4.88 Å². The quantitative estimate of drug-likeness (QED) is 0.443. The monoisotopic (exact) mass is 175 g/mol. The zero-order valence-electron chi connectivity index (χ0n) is 4.87. The Labute approximate surface area is 66.9 Å². The first-order chi connectivity index (χ1) is 4.66. The second kappa shape index (κ2) is 2.51. The van der Waals surface area contributed by atoms with Crippen molar-refractivity contribution in [1.29, 1.82) is 0 Å². The highest BCUT2D eigenvalue weighted by Crippen LogP contribution is 2.37. The summed E-state index contributed by atoms with van der Waals surface area (Å²) >= 11 is 4.98. The number of aldehydes is 1. The van der Waals surface area contributed by atoms with E-state index in [4.69, 9.17) is 10.8 Å². The molecule has 54 valence electrons. The number of carbonyl (C=O) groups excluding carboxylic acids is 1. The molecule has 0 atom stereocenters. The Morgan fingerprint density at radius 3 is 2.50 bits per heavy atom. The summed E-state index contributed by atoms with van der Waals surface area (Å²) in [6.45, 7) is 0. The number of hydrogen-bond acceptors (Lipinski definition) is 5. The minimum absolute atomic E-state index is 0.162. The van der Waals surface area contributed by atoms with E-state index in [0.29, 0.717) is 10.5 Å². The Hall–Kier alpha value is -0.680. The van der Waals surface area contributed by atoms with Gasteiger partial charge in [0.25, 0.3) is 0 Å². The van der Waals surface area contributed by atoms with Gasteiger partial charge in [-0.25, -0.2) is 0 Å². The second-order valence-electron chi connectivity index (χ2n) is 1.65. The average molecular weight is 175 g/mol. The maximum atomic E-state index is 10.2. The highest BCUT2D eigenvalue weighted by atomic mass is 32.2. The fourth-order valence-corrected chi connectivity index (χ4v) is 1.59. The molecule has 0 fully saturated rings. The third-order valence-corrected chi connectivity index (χ3v) is 2.47. The lowest BCUT2D eigenvalue weighted by atomic mass is 10.4. The Balaban J connectivity index is 3.30. The number of hydrogen-bond donors (Lipinski definition) is 3. The van der Waals surface area contributed by atoms with Crippen LogP contribution >= 0.6 is 24.0 Å². The normalized spacial score (nSPS) is 9.70. The van der Waals surface area contributed by atoms with Gasteiger partial charge in [-0.3, -0.25) is 4.79 Å². The second-order valence-corrected chi connectivity index (χ2v) is 3.45. The van der Waals surface area contributed by atoms with E-state index in [2.05, 4.69) is 12.6 Å². The van der Waals surface area contributed by atoms with Crippen LogP contribution in [0.2, 0.25) is 0 Å². The predicted molar refractivity (Wildman–Crippen MR) is 43.0 cm³/mol. The van der Waals surface area contributed by atoms with Crippen LogP contribution in [0.5, 0.6) is 5.75 Å². The maximum absolute atomic E-state index is 10.2. The molecule has 0 aromatic carbocycles. The van der Waals surface area contributed by atoms with Gasteiger partial charge in [-0.2, -0.15) is 0 Å². The number of aromatic hydroxyl groups is 1. The lowest BCUT2D eigenvalue weighted by Crippen LogP contribution is -1.81. The number of nitrogen functional groups attached to an aromatic ring is 1. The third kappa shape index (κ3) is 0.975. The van der Waals surface area contributed by atoms with Crippen molar-refractivity contribution in [3.8, 4) is 5.75 Å². The minimum atomic E-state index is -0.162. The van der Waals surface area contributed by atoms with E-state index in [9.17, 15) is 4.79 Å². The molecule has 10 heavy (non-hydrogen) atoms. The fourth-order valence-electron chi connectivity index (χ4n) is 0.521. The van der Waals surface area contributed by atoms with Gasteiger partial charge >= 0.3 is 0 Å². The van der Waals surface area contributed by atoms with Gasteiger partial charge in [-0.05, 0) is 0 Å². The van der Waals surface area contributed by atoms with Gasteiger partial charge in [0.2, 0.25) is 0 Å². The van der Waals surface area contributed by atoms with Crippen molar-refractivity contribution in [2.45, 2.75) is 4.21 Å². The van der Waals surface area contributed by atoms with Crippen molar-refractivity contribution in [2.75, 3.05) is 5.73 Å². The molecule has 5 heteroatoms. The van der Waals surface area contributed by atoms with E-state index in [0.717, 1.165) is 11.3 Å². The van der Waals surface area contributed by atoms with Crippen LogP contribution in [0.4, 0.5) is 5.69 Å². The van der Waals surface area contributed by atoms with Gasteiger partial charge in [0.1, 0.15) is 4.88 Å². The standard InChI is InChI=1S/C5H5NO2S2/c6-3-4(8)2(1-7)10-5(3)9/h1,8-9H,6H2.